The molecule has 0 aliphatic carbocycles. The summed E-state index contributed by atoms with van der Waals surface area (Å²) in [5.74, 6) is -1.39. The summed E-state index contributed by atoms with van der Waals surface area (Å²) in [6.07, 6.45) is 3.01. The highest BCUT2D eigenvalue weighted by atomic mass is 16.6. The summed E-state index contributed by atoms with van der Waals surface area (Å²) < 4.78 is 12.8. The predicted octanol–water partition coefficient (Wildman–Crippen LogP) is 4.34. The number of benzene rings is 2. The highest BCUT2D eigenvalue weighted by Crippen LogP contribution is 2.41. The molecule has 0 saturated carbocycles. The third-order valence-corrected chi connectivity index (χ3v) is 6.87. The molecule has 0 saturated heterocycles. The number of rotatable bonds is 4. The first kappa shape index (κ1) is 22.0. The molecule has 0 amide bonds. The van der Waals surface area contributed by atoms with E-state index < -0.39 is 17.5 Å². The van der Waals surface area contributed by atoms with Crippen LogP contribution in [0.25, 0.3) is 28.4 Å². The molecule has 0 bridgehead atoms. The lowest BCUT2D eigenvalue weighted by molar-refractivity contribution is -0.186. The number of carbonyl (C=O) groups excluding carboxylic acids is 2. The summed E-state index contributed by atoms with van der Waals surface area (Å²) >= 11 is 0. The number of para-hydroxylation sites is 1. The third-order valence-electron chi connectivity index (χ3n) is 6.87. The number of cyclic esters (lactones) is 1. The maximum atomic E-state index is 13.6. The van der Waals surface area contributed by atoms with E-state index in [4.69, 9.17) is 14.5 Å². The number of pyridine rings is 2. The molecular weight excluding hydrogens is 456 g/mol. The van der Waals surface area contributed by atoms with Gasteiger partial charge in [-0.15, -0.1) is 0 Å². The van der Waals surface area contributed by atoms with Crippen LogP contribution in [0.1, 0.15) is 35.6 Å². The molecule has 0 N–H and O–H groups in total. The lowest BCUT2D eigenvalue weighted by Gasteiger charge is -2.35. The van der Waals surface area contributed by atoms with Crippen molar-refractivity contribution in [3.63, 3.8) is 0 Å². The van der Waals surface area contributed by atoms with Crippen LogP contribution in [0.15, 0.2) is 77.6 Å². The second kappa shape index (κ2) is 8.30. The normalized spacial score (nSPS) is 18.0. The molecule has 4 aromatic rings. The fraction of sp³-hybridized carbons (Fsp3) is 0.172. The minimum Gasteiger partial charge on any atom is -0.457 e. The van der Waals surface area contributed by atoms with Crippen LogP contribution in [-0.2, 0) is 37.8 Å². The van der Waals surface area contributed by atoms with Crippen molar-refractivity contribution in [1.82, 2.24) is 9.55 Å². The van der Waals surface area contributed by atoms with Gasteiger partial charge in [-0.25, -0.2) is 14.6 Å². The Kier molecular flexibility index (Phi) is 5.07. The molecule has 0 fully saturated rings. The Balaban J connectivity index is 1.46. The third kappa shape index (κ3) is 3.35. The zero-order valence-electron chi connectivity index (χ0n) is 19.6. The fourth-order valence-corrected chi connectivity index (χ4v) is 5.02. The van der Waals surface area contributed by atoms with Gasteiger partial charge in [0, 0.05) is 22.6 Å². The number of aromatic nitrogens is 2. The van der Waals surface area contributed by atoms with E-state index in [0.717, 1.165) is 22.0 Å². The molecule has 2 aliphatic rings. The first-order valence-corrected chi connectivity index (χ1v) is 11.8. The minimum atomic E-state index is -1.72. The first-order valence-electron chi connectivity index (χ1n) is 11.8. The van der Waals surface area contributed by atoms with Crippen molar-refractivity contribution in [2.45, 2.75) is 32.1 Å². The van der Waals surface area contributed by atoms with E-state index in [1.807, 2.05) is 60.7 Å². The van der Waals surface area contributed by atoms with Gasteiger partial charge in [0.1, 0.15) is 6.61 Å². The summed E-state index contributed by atoms with van der Waals surface area (Å²) in [6, 6.07) is 20.9. The predicted molar refractivity (Wildman–Crippen MR) is 134 cm³/mol. The summed E-state index contributed by atoms with van der Waals surface area (Å²) in [6.45, 7) is 1.94. The summed E-state index contributed by atoms with van der Waals surface area (Å²) in [7, 11) is 0. The van der Waals surface area contributed by atoms with Gasteiger partial charge < -0.3 is 14.0 Å². The Hall–Kier alpha value is -4.52. The lowest BCUT2D eigenvalue weighted by Crippen LogP contribution is -2.47. The zero-order chi connectivity index (χ0) is 24.9. The van der Waals surface area contributed by atoms with E-state index in [2.05, 4.69) is 0 Å². The van der Waals surface area contributed by atoms with Crippen LogP contribution in [0.3, 0.4) is 0 Å². The van der Waals surface area contributed by atoms with E-state index in [9.17, 15) is 14.4 Å². The Labute approximate surface area is 206 Å². The van der Waals surface area contributed by atoms with Gasteiger partial charge >= 0.3 is 11.9 Å². The molecule has 1 atom stereocenters. The molecule has 2 aliphatic heterocycles. The van der Waals surface area contributed by atoms with Crippen molar-refractivity contribution in [2.75, 3.05) is 0 Å². The molecule has 0 spiro atoms. The molecule has 7 heteroatoms. The van der Waals surface area contributed by atoms with Gasteiger partial charge in [-0.05, 0) is 36.3 Å². The van der Waals surface area contributed by atoms with Gasteiger partial charge in [-0.3, -0.25) is 4.79 Å². The van der Waals surface area contributed by atoms with Crippen LogP contribution in [0.4, 0.5) is 0 Å². The highest BCUT2D eigenvalue weighted by molar-refractivity contribution is 5.92. The van der Waals surface area contributed by atoms with Gasteiger partial charge in [-0.1, -0.05) is 55.5 Å². The van der Waals surface area contributed by atoms with Crippen molar-refractivity contribution in [1.29, 1.82) is 0 Å². The number of esters is 2. The standard InChI is InChI=1S/C29H22N2O5/c1-2-29(36-25(32)13-12-18-8-4-3-5-9-18)22-15-24-26-20(14-19-10-6-7-11-23(19)30-26)16-31(24)27(33)21(22)17-35-28(29)34/h3-15H,2,16-17H2,1H3/b13-12+. The van der Waals surface area contributed by atoms with Crippen LogP contribution in [0.5, 0.6) is 0 Å². The Morgan fingerprint density at radius 1 is 1.11 bits per heavy atom. The van der Waals surface area contributed by atoms with E-state index in [0.29, 0.717) is 29.1 Å². The number of hydrogen-bond acceptors (Lipinski definition) is 6. The first-order chi connectivity index (χ1) is 17.5. The minimum absolute atomic E-state index is 0.116. The van der Waals surface area contributed by atoms with Crippen LogP contribution in [-0.4, -0.2) is 21.5 Å². The van der Waals surface area contributed by atoms with Crippen molar-refractivity contribution in [3.8, 4) is 11.4 Å². The van der Waals surface area contributed by atoms with E-state index in [1.54, 1.807) is 23.6 Å². The topological polar surface area (TPSA) is 87.5 Å². The SMILES string of the molecule is CCC1(OC(=O)/C=C/c2ccccc2)C(=O)OCc2c1cc1n(c2=O)Cc2cc3ccccc3nc2-1. The van der Waals surface area contributed by atoms with Crippen molar-refractivity contribution in [2.24, 2.45) is 0 Å². The number of ether oxygens (including phenoxy) is 2. The van der Waals surface area contributed by atoms with E-state index >= 15 is 0 Å². The molecule has 4 heterocycles. The quantitative estimate of drug-likeness (QED) is 0.282. The number of hydrogen-bond donors (Lipinski definition) is 0. The van der Waals surface area contributed by atoms with Crippen LogP contribution >= 0.6 is 0 Å². The van der Waals surface area contributed by atoms with Crippen molar-refractivity contribution < 1.29 is 19.1 Å². The second-order valence-electron chi connectivity index (χ2n) is 8.92. The fourth-order valence-electron chi connectivity index (χ4n) is 5.02. The van der Waals surface area contributed by atoms with Crippen LogP contribution in [0.2, 0.25) is 0 Å². The molecular formula is C29H22N2O5. The van der Waals surface area contributed by atoms with Gasteiger partial charge in [0.25, 0.3) is 5.56 Å². The van der Waals surface area contributed by atoms with Crippen LogP contribution < -0.4 is 5.56 Å². The highest BCUT2D eigenvalue weighted by Gasteiger charge is 2.50. The van der Waals surface area contributed by atoms with Crippen molar-refractivity contribution >= 4 is 28.9 Å². The summed E-state index contributed by atoms with van der Waals surface area (Å²) in [5, 5.41) is 0.988. The number of fused-ring (bicyclic) bond motifs is 5. The maximum absolute atomic E-state index is 13.6. The van der Waals surface area contributed by atoms with Gasteiger partial charge in [0.05, 0.1) is 29.0 Å². The Bertz CT molecular complexity index is 1640. The summed E-state index contributed by atoms with van der Waals surface area (Å²) in [5.41, 5.74) is 2.53. The van der Waals surface area contributed by atoms with E-state index in [1.165, 1.54) is 6.08 Å². The maximum Gasteiger partial charge on any atom is 0.355 e. The molecule has 2 aromatic carbocycles. The lowest BCUT2D eigenvalue weighted by atomic mass is 9.85. The molecule has 7 nitrogen and oxygen atoms in total. The van der Waals surface area contributed by atoms with Gasteiger partial charge in [0.15, 0.2) is 0 Å². The Morgan fingerprint density at radius 3 is 2.69 bits per heavy atom. The van der Waals surface area contributed by atoms with Gasteiger partial charge in [-0.2, -0.15) is 0 Å². The van der Waals surface area contributed by atoms with Crippen molar-refractivity contribution in [3.05, 3.63) is 105 Å². The summed E-state index contributed by atoms with van der Waals surface area (Å²) in [4.78, 5) is 44.3. The molecule has 178 valence electrons. The average molecular weight is 479 g/mol. The van der Waals surface area contributed by atoms with Gasteiger partial charge in [0.2, 0.25) is 5.60 Å². The largest absolute Gasteiger partial charge is 0.457 e. The smallest absolute Gasteiger partial charge is 0.355 e. The molecule has 0 radical (unpaired) electrons. The zero-order valence-corrected chi connectivity index (χ0v) is 19.6. The average Bonchev–Trinajstić information content (AvgIpc) is 3.26. The number of nitrogens with zero attached hydrogens (tertiary/aromatic N) is 2. The number of carbonyl (C=O) groups is 2. The Morgan fingerprint density at radius 2 is 1.89 bits per heavy atom. The molecule has 6 rings (SSSR count). The molecule has 1 unspecified atom stereocenters. The molecule has 2 aromatic heterocycles. The monoisotopic (exact) mass is 478 g/mol. The molecule has 36 heavy (non-hydrogen) atoms. The van der Waals surface area contributed by atoms with E-state index in [-0.39, 0.29) is 18.6 Å². The van der Waals surface area contributed by atoms with Crippen LogP contribution in [0, 0.1) is 0 Å². The second-order valence-corrected chi connectivity index (χ2v) is 8.92.